The maximum Gasteiger partial charge on any atom is 0.134 e. The molecule has 0 aliphatic heterocycles. The molecule has 3 N–H and O–H groups in total. The van der Waals surface area contributed by atoms with Gasteiger partial charge in [0.2, 0.25) is 0 Å². The molecule has 0 aliphatic rings. The summed E-state index contributed by atoms with van der Waals surface area (Å²) in [4.78, 5) is 0. The summed E-state index contributed by atoms with van der Waals surface area (Å²) in [5, 5.41) is 1.10. The average Bonchev–Trinajstić information content (AvgIpc) is 2.84. The fourth-order valence-corrected chi connectivity index (χ4v) is 3.09. The van der Waals surface area contributed by atoms with E-state index in [2.05, 4.69) is 53.4 Å². The van der Waals surface area contributed by atoms with Gasteiger partial charge in [0.05, 0.1) is 0 Å². The average molecular weight is 345 g/mol. The van der Waals surface area contributed by atoms with E-state index in [0.717, 1.165) is 32.3 Å². The molecule has 108 valence electrons. The summed E-state index contributed by atoms with van der Waals surface area (Å²) in [5.74, 6) is 6.60. The van der Waals surface area contributed by atoms with Gasteiger partial charge in [0, 0.05) is 9.86 Å². The Kier molecular flexibility index (Phi) is 3.85. The third kappa shape index (κ3) is 2.75. The van der Waals surface area contributed by atoms with Crippen LogP contribution in [0.25, 0.3) is 11.0 Å². The molecule has 0 amide bonds. The Labute approximate surface area is 132 Å². The van der Waals surface area contributed by atoms with Crippen molar-refractivity contribution in [2.75, 3.05) is 0 Å². The fourth-order valence-electron chi connectivity index (χ4n) is 2.61. The van der Waals surface area contributed by atoms with Gasteiger partial charge in [-0.2, -0.15) is 0 Å². The van der Waals surface area contributed by atoms with E-state index in [1.807, 2.05) is 24.3 Å². The van der Waals surface area contributed by atoms with Crippen LogP contribution < -0.4 is 11.3 Å². The van der Waals surface area contributed by atoms with Crippen molar-refractivity contribution in [3.05, 3.63) is 69.4 Å². The van der Waals surface area contributed by atoms with E-state index in [0.29, 0.717) is 0 Å². The second kappa shape index (κ2) is 5.64. The monoisotopic (exact) mass is 344 g/mol. The molecule has 21 heavy (non-hydrogen) atoms. The Morgan fingerprint density at radius 2 is 1.90 bits per heavy atom. The van der Waals surface area contributed by atoms with Gasteiger partial charge in [-0.1, -0.05) is 33.6 Å². The first-order chi connectivity index (χ1) is 10.1. The summed E-state index contributed by atoms with van der Waals surface area (Å²) in [6.45, 7) is 4.14. The summed E-state index contributed by atoms with van der Waals surface area (Å²) in [6, 6.07) is 14.2. The van der Waals surface area contributed by atoms with Crippen LogP contribution in [0.15, 0.2) is 51.4 Å². The summed E-state index contributed by atoms with van der Waals surface area (Å²) in [6.07, 6.45) is 0. The molecule has 0 aliphatic carbocycles. The zero-order valence-corrected chi connectivity index (χ0v) is 13.6. The molecule has 2 aromatic carbocycles. The number of benzene rings is 2. The van der Waals surface area contributed by atoms with Gasteiger partial charge in [-0.25, -0.2) is 5.43 Å². The molecule has 0 radical (unpaired) electrons. The van der Waals surface area contributed by atoms with Crippen molar-refractivity contribution in [2.45, 2.75) is 19.9 Å². The van der Waals surface area contributed by atoms with E-state index in [9.17, 15) is 0 Å². The number of furan rings is 1. The molecular weight excluding hydrogens is 328 g/mol. The molecule has 0 saturated heterocycles. The minimum absolute atomic E-state index is 0.161. The second-order valence-electron chi connectivity index (χ2n) is 5.29. The molecule has 0 spiro atoms. The van der Waals surface area contributed by atoms with Gasteiger partial charge in [-0.05, 0) is 55.3 Å². The molecule has 1 aromatic heterocycles. The normalized spacial score (nSPS) is 12.8. The number of hydrazine groups is 1. The first-order valence-corrected chi connectivity index (χ1v) is 7.60. The van der Waals surface area contributed by atoms with Gasteiger partial charge in [-0.15, -0.1) is 0 Å². The molecule has 0 bridgehead atoms. The third-order valence-electron chi connectivity index (χ3n) is 3.68. The summed E-state index contributed by atoms with van der Waals surface area (Å²) in [7, 11) is 0. The van der Waals surface area contributed by atoms with Crippen LogP contribution in [0.5, 0.6) is 0 Å². The molecule has 0 fully saturated rings. The van der Waals surface area contributed by atoms with Gasteiger partial charge in [0.15, 0.2) is 0 Å². The molecule has 1 heterocycles. The highest BCUT2D eigenvalue weighted by Crippen LogP contribution is 2.30. The van der Waals surface area contributed by atoms with Crippen molar-refractivity contribution in [3.8, 4) is 0 Å². The zero-order chi connectivity index (χ0) is 15.0. The quantitative estimate of drug-likeness (QED) is 0.548. The van der Waals surface area contributed by atoms with Crippen LogP contribution in [0.2, 0.25) is 0 Å². The first kappa shape index (κ1) is 14.3. The van der Waals surface area contributed by atoms with E-state index in [4.69, 9.17) is 10.3 Å². The molecular formula is C17H17BrN2O. The van der Waals surface area contributed by atoms with Crippen molar-refractivity contribution in [2.24, 2.45) is 5.84 Å². The number of hydrogen-bond acceptors (Lipinski definition) is 3. The summed E-state index contributed by atoms with van der Waals surface area (Å²) >= 11 is 3.48. The Balaban J connectivity index is 2.09. The minimum atomic E-state index is -0.161. The van der Waals surface area contributed by atoms with Crippen molar-refractivity contribution >= 4 is 26.9 Å². The summed E-state index contributed by atoms with van der Waals surface area (Å²) in [5.41, 5.74) is 7.22. The standard InChI is InChI=1S/C17H17BrN2O/c1-10-3-6-15-12(7-10)9-16(21-15)17(20-19)14-5-4-13(18)8-11(14)2/h3-9,17,20H,19H2,1-2H3. The first-order valence-electron chi connectivity index (χ1n) is 6.81. The lowest BCUT2D eigenvalue weighted by Crippen LogP contribution is -2.29. The molecule has 3 nitrogen and oxygen atoms in total. The zero-order valence-electron chi connectivity index (χ0n) is 12.0. The highest BCUT2D eigenvalue weighted by molar-refractivity contribution is 9.10. The second-order valence-corrected chi connectivity index (χ2v) is 6.21. The molecule has 3 rings (SSSR count). The van der Waals surface area contributed by atoms with Gasteiger partial charge in [0.1, 0.15) is 17.4 Å². The van der Waals surface area contributed by atoms with Gasteiger partial charge < -0.3 is 4.42 Å². The van der Waals surface area contributed by atoms with E-state index in [1.165, 1.54) is 5.56 Å². The van der Waals surface area contributed by atoms with Crippen molar-refractivity contribution < 1.29 is 4.42 Å². The number of nitrogens with one attached hydrogen (secondary N) is 1. The largest absolute Gasteiger partial charge is 0.459 e. The Hall–Kier alpha value is -1.62. The maximum atomic E-state index is 5.96. The number of nitrogens with two attached hydrogens (primary N) is 1. The van der Waals surface area contributed by atoms with Crippen LogP contribution in [0.4, 0.5) is 0 Å². The van der Waals surface area contributed by atoms with E-state index >= 15 is 0 Å². The lowest BCUT2D eigenvalue weighted by Gasteiger charge is -2.16. The van der Waals surface area contributed by atoms with Gasteiger partial charge in [0.25, 0.3) is 0 Å². The molecule has 1 unspecified atom stereocenters. The highest BCUT2D eigenvalue weighted by Gasteiger charge is 2.19. The van der Waals surface area contributed by atoms with E-state index in [-0.39, 0.29) is 6.04 Å². The van der Waals surface area contributed by atoms with Crippen LogP contribution in [-0.4, -0.2) is 0 Å². The van der Waals surface area contributed by atoms with Crippen LogP contribution >= 0.6 is 15.9 Å². The number of hydrogen-bond donors (Lipinski definition) is 2. The van der Waals surface area contributed by atoms with Crippen LogP contribution in [-0.2, 0) is 0 Å². The highest BCUT2D eigenvalue weighted by atomic mass is 79.9. The maximum absolute atomic E-state index is 5.96. The van der Waals surface area contributed by atoms with Crippen molar-refractivity contribution in [3.63, 3.8) is 0 Å². The minimum Gasteiger partial charge on any atom is -0.459 e. The fraction of sp³-hybridized carbons (Fsp3) is 0.176. The number of rotatable bonds is 3. The predicted octanol–water partition coefficient (Wildman–Crippen LogP) is 4.36. The Morgan fingerprint density at radius 3 is 2.62 bits per heavy atom. The van der Waals surface area contributed by atoms with Crippen LogP contribution in [0.3, 0.4) is 0 Å². The van der Waals surface area contributed by atoms with E-state index < -0.39 is 0 Å². The molecule has 4 heteroatoms. The number of fused-ring (bicyclic) bond motifs is 1. The van der Waals surface area contributed by atoms with Gasteiger partial charge in [-0.3, -0.25) is 5.84 Å². The number of aryl methyl sites for hydroxylation is 2. The third-order valence-corrected chi connectivity index (χ3v) is 4.18. The molecule has 0 saturated carbocycles. The van der Waals surface area contributed by atoms with Gasteiger partial charge >= 0.3 is 0 Å². The summed E-state index contributed by atoms with van der Waals surface area (Å²) < 4.78 is 7.02. The smallest absolute Gasteiger partial charge is 0.134 e. The topological polar surface area (TPSA) is 51.2 Å². The lowest BCUT2D eigenvalue weighted by molar-refractivity contribution is 0.476. The Morgan fingerprint density at radius 1 is 1.10 bits per heavy atom. The SMILES string of the molecule is Cc1ccc2oc(C(NN)c3ccc(Br)cc3C)cc2c1. The van der Waals surface area contributed by atoms with Crippen molar-refractivity contribution in [1.29, 1.82) is 0 Å². The lowest BCUT2D eigenvalue weighted by atomic mass is 10.00. The number of halogens is 1. The van der Waals surface area contributed by atoms with Crippen molar-refractivity contribution in [1.82, 2.24) is 5.43 Å². The van der Waals surface area contributed by atoms with Crippen LogP contribution in [0.1, 0.15) is 28.5 Å². The molecule has 3 aromatic rings. The predicted molar refractivity (Wildman–Crippen MR) is 89.0 cm³/mol. The Bertz CT molecular complexity index is 795. The van der Waals surface area contributed by atoms with E-state index in [1.54, 1.807) is 0 Å². The molecule has 1 atom stereocenters. The van der Waals surface area contributed by atoms with Crippen LogP contribution in [0, 0.1) is 13.8 Å².